The lowest BCUT2D eigenvalue weighted by Crippen LogP contribution is -2.01. The number of nitrogens with zero attached hydrogens (tertiary/aromatic N) is 1. The quantitative estimate of drug-likeness (QED) is 0.526. The maximum atomic E-state index is 10.9. The van der Waals surface area contributed by atoms with Gasteiger partial charge in [-0.1, -0.05) is 91.0 Å². The summed E-state index contributed by atoms with van der Waals surface area (Å²) in [5.74, 6) is 0. The van der Waals surface area contributed by atoms with Gasteiger partial charge in [-0.3, -0.25) is 0 Å². The monoisotopic (exact) mass is 343 g/mol. The minimum atomic E-state index is -0.745. The Kier molecular flexibility index (Phi) is 4.42. The smallest absolute Gasteiger partial charge is 0.124 e. The molecular formula is C22H17NOS. The van der Waals surface area contributed by atoms with Gasteiger partial charge in [0.05, 0.1) is 10.6 Å². The van der Waals surface area contributed by atoms with E-state index in [-0.39, 0.29) is 0 Å². The summed E-state index contributed by atoms with van der Waals surface area (Å²) in [6.45, 7) is 0. The molecule has 1 aromatic heterocycles. The molecule has 0 aliphatic carbocycles. The van der Waals surface area contributed by atoms with Gasteiger partial charge >= 0.3 is 0 Å². The van der Waals surface area contributed by atoms with Gasteiger partial charge in [-0.2, -0.15) is 0 Å². The average Bonchev–Trinajstić information content (AvgIpc) is 3.15. The van der Waals surface area contributed by atoms with Crippen molar-refractivity contribution in [2.75, 3.05) is 0 Å². The van der Waals surface area contributed by atoms with Crippen LogP contribution in [-0.4, -0.2) is 10.1 Å². The third-order valence-electron chi connectivity index (χ3n) is 4.08. The van der Waals surface area contributed by atoms with Crippen LogP contribution in [0, 0.1) is 0 Å². The highest BCUT2D eigenvalue weighted by Crippen LogP contribution is 2.39. The Morgan fingerprint density at radius 2 is 1.20 bits per heavy atom. The second kappa shape index (κ2) is 7.01. The molecule has 122 valence electrons. The molecule has 0 aliphatic heterocycles. The number of benzene rings is 3. The first-order chi connectivity index (χ1) is 12.3. The third-order valence-corrected chi connectivity index (χ3v) is 5.25. The fraction of sp³-hybridized carbons (Fsp3) is 0.0455. The Balaban J connectivity index is 1.85. The van der Waals surface area contributed by atoms with E-state index < -0.39 is 6.10 Å². The maximum Gasteiger partial charge on any atom is 0.124 e. The largest absolute Gasteiger partial charge is 0.382 e. The van der Waals surface area contributed by atoms with Gasteiger partial charge in [0.1, 0.15) is 11.1 Å². The Morgan fingerprint density at radius 3 is 1.80 bits per heavy atom. The van der Waals surface area contributed by atoms with E-state index in [4.69, 9.17) is 4.98 Å². The van der Waals surface area contributed by atoms with Crippen LogP contribution in [0.4, 0.5) is 0 Å². The number of hydrogen-bond donors (Lipinski definition) is 1. The van der Waals surface area contributed by atoms with Crippen molar-refractivity contribution in [1.82, 2.24) is 4.98 Å². The summed E-state index contributed by atoms with van der Waals surface area (Å²) >= 11 is 1.62. The number of aliphatic hydroxyl groups excluding tert-OH is 1. The van der Waals surface area contributed by atoms with Crippen LogP contribution in [0.2, 0.25) is 0 Å². The van der Waals surface area contributed by atoms with Crippen LogP contribution < -0.4 is 0 Å². The van der Waals surface area contributed by atoms with E-state index in [1.54, 1.807) is 11.3 Å². The number of hydrogen-bond acceptors (Lipinski definition) is 3. The predicted molar refractivity (Wildman–Crippen MR) is 103 cm³/mol. The molecule has 0 saturated carbocycles. The van der Waals surface area contributed by atoms with Gasteiger partial charge in [0.2, 0.25) is 0 Å². The molecule has 4 aromatic rings. The van der Waals surface area contributed by atoms with Crippen LogP contribution in [0.5, 0.6) is 0 Å². The van der Waals surface area contributed by atoms with Gasteiger partial charge in [-0.15, -0.1) is 11.3 Å². The third kappa shape index (κ3) is 3.25. The number of thiazole rings is 1. The van der Waals surface area contributed by atoms with Gasteiger partial charge in [-0.05, 0) is 11.1 Å². The lowest BCUT2D eigenvalue weighted by Gasteiger charge is -2.10. The van der Waals surface area contributed by atoms with E-state index in [0.29, 0.717) is 5.69 Å². The molecule has 0 radical (unpaired) electrons. The average molecular weight is 343 g/mol. The molecule has 1 unspecified atom stereocenters. The highest BCUT2D eigenvalue weighted by Gasteiger charge is 2.21. The van der Waals surface area contributed by atoms with Crippen LogP contribution in [0.25, 0.3) is 21.0 Å². The van der Waals surface area contributed by atoms with Gasteiger partial charge in [-0.25, -0.2) is 4.98 Å². The highest BCUT2D eigenvalue weighted by atomic mass is 32.1. The lowest BCUT2D eigenvalue weighted by atomic mass is 10.0. The first-order valence-electron chi connectivity index (χ1n) is 8.17. The van der Waals surface area contributed by atoms with Crippen molar-refractivity contribution in [2.24, 2.45) is 0 Å². The first kappa shape index (κ1) is 15.8. The lowest BCUT2D eigenvalue weighted by molar-refractivity contribution is 0.217. The summed E-state index contributed by atoms with van der Waals surface area (Å²) in [5.41, 5.74) is 3.70. The fourth-order valence-electron chi connectivity index (χ4n) is 2.81. The summed E-state index contributed by atoms with van der Waals surface area (Å²) in [5, 5.41) is 11.9. The molecule has 1 atom stereocenters. The Bertz CT molecular complexity index is 949. The van der Waals surface area contributed by atoms with Crippen LogP contribution in [0.3, 0.4) is 0 Å². The van der Waals surface area contributed by atoms with Gasteiger partial charge in [0.25, 0.3) is 0 Å². The van der Waals surface area contributed by atoms with Crippen LogP contribution >= 0.6 is 11.3 Å². The van der Waals surface area contributed by atoms with Crippen molar-refractivity contribution >= 4 is 11.3 Å². The molecule has 4 rings (SSSR count). The molecule has 0 saturated heterocycles. The van der Waals surface area contributed by atoms with Crippen molar-refractivity contribution in [2.45, 2.75) is 6.10 Å². The minimum Gasteiger partial charge on any atom is -0.382 e. The van der Waals surface area contributed by atoms with E-state index in [2.05, 4.69) is 12.1 Å². The van der Waals surface area contributed by atoms with Crippen LogP contribution in [-0.2, 0) is 0 Å². The van der Waals surface area contributed by atoms with Gasteiger partial charge < -0.3 is 5.11 Å². The Labute approximate surface area is 151 Å². The zero-order chi connectivity index (χ0) is 17.1. The second-order valence-corrected chi connectivity index (χ2v) is 6.78. The molecule has 0 spiro atoms. The SMILES string of the molecule is OC(c1ccccc1)c1nc(-c2ccccc2)sc1-c1ccccc1. The van der Waals surface area contributed by atoms with Crippen molar-refractivity contribution in [3.63, 3.8) is 0 Å². The number of rotatable bonds is 4. The predicted octanol–water partition coefficient (Wildman–Crippen LogP) is 5.56. The normalized spacial score (nSPS) is 12.0. The van der Waals surface area contributed by atoms with Crippen molar-refractivity contribution in [1.29, 1.82) is 0 Å². The molecule has 1 N–H and O–H groups in total. The summed E-state index contributed by atoms with van der Waals surface area (Å²) in [6, 6.07) is 29.9. The molecule has 2 nitrogen and oxygen atoms in total. The fourth-order valence-corrected chi connectivity index (χ4v) is 3.92. The molecule has 25 heavy (non-hydrogen) atoms. The summed E-state index contributed by atoms with van der Waals surface area (Å²) in [7, 11) is 0. The van der Waals surface area contributed by atoms with Crippen molar-refractivity contribution < 1.29 is 5.11 Å². The molecule has 0 fully saturated rings. The molecule has 0 aliphatic rings. The molecule has 3 heteroatoms. The molecule has 3 aromatic carbocycles. The van der Waals surface area contributed by atoms with Crippen LogP contribution in [0.1, 0.15) is 17.4 Å². The van der Waals surface area contributed by atoms with Crippen molar-refractivity contribution in [3.05, 3.63) is 102 Å². The van der Waals surface area contributed by atoms with E-state index >= 15 is 0 Å². The van der Waals surface area contributed by atoms with E-state index in [1.165, 1.54) is 0 Å². The number of aromatic nitrogens is 1. The molecular weight excluding hydrogens is 326 g/mol. The minimum absolute atomic E-state index is 0.709. The van der Waals surface area contributed by atoms with Gasteiger partial charge in [0.15, 0.2) is 0 Å². The zero-order valence-corrected chi connectivity index (χ0v) is 14.4. The van der Waals surface area contributed by atoms with Crippen molar-refractivity contribution in [3.8, 4) is 21.0 Å². The Hall–Kier alpha value is -2.75. The molecule has 0 bridgehead atoms. The van der Waals surface area contributed by atoms with E-state index in [0.717, 1.165) is 26.6 Å². The summed E-state index contributed by atoms with van der Waals surface area (Å²) in [6.07, 6.45) is -0.745. The van der Waals surface area contributed by atoms with E-state index in [1.807, 2.05) is 78.9 Å². The topological polar surface area (TPSA) is 33.1 Å². The molecule has 0 amide bonds. The van der Waals surface area contributed by atoms with Crippen LogP contribution in [0.15, 0.2) is 91.0 Å². The maximum absolute atomic E-state index is 10.9. The summed E-state index contributed by atoms with van der Waals surface area (Å²) < 4.78 is 0. The second-order valence-electron chi connectivity index (χ2n) is 5.78. The summed E-state index contributed by atoms with van der Waals surface area (Å²) in [4.78, 5) is 5.81. The first-order valence-corrected chi connectivity index (χ1v) is 8.99. The standard InChI is InChI=1S/C22H17NOS/c24-20(16-10-4-1-5-11-16)19-21(17-12-6-2-7-13-17)25-22(23-19)18-14-8-3-9-15-18/h1-15,20,24H. The molecule has 1 heterocycles. The zero-order valence-electron chi connectivity index (χ0n) is 13.5. The van der Waals surface area contributed by atoms with E-state index in [9.17, 15) is 5.11 Å². The van der Waals surface area contributed by atoms with Gasteiger partial charge in [0, 0.05) is 5.56 Å². The Morgan fingerprint density at radius 1 is 0.680 bits per heavy atom. The highest BCUT2D eigenvalue weighted by molar-refractivity contribution is 7.18. The number of aliphatic hydroxyl groups is 1.